The summed E-state index contributed by atoms with van der Waals surface area (Å²) in [5.41, 5.74) is 4.23. The molecule has 0 aliphatic heterocycles. The molecule has 0 amide bonds. The van der Waals surface area contributed by atoms with E-state index in [0.717, 1.165) is 5.17 Å². The van der Waals surface area contributed by atoms with Crippen molar-refractivity contribution in [3.8, 4) is 11.8 Å². The SMILES string of the molecule is COc1cc(C#N)ccc1NN(O[PH](=O)O)c1ccccc1Br. The van der Waals surface area contributed by atoms with Crippen molar-refractivity contribution in [3.63, 3.8) is 0 Å². The molecule has 0 radical (unpaired) electrons. The average Bonchev–Trinajstić information content (AvgIpc) is 2.54. The number of rotatable bonds is 6. The van der Waals surface area contributed by atoms with Crippen LogP contribution in [0.4, 0.5) is 11.4 Å². The van der Waals surface area contributed by atoms with E-state index in [1.807, 2.05) is 6.07 Å². The standard InChI is InChI=1S/C14H13BrN3O4P/c1-21-14-8-10(9-16)6-7-12(14)17-18(22-23(19)20)13-5-3-2-4-11(13)15/h2-8,17,23H,1H3,(H,19,20). The van der Waals surface area contributed by atoms with Crippen LogP contribution >= 0.6 is 24.2 Å². The Hall–Kier alpha value is -2.04. The summed E-state index contributed by atoms with van der Waals surface area (Å²) in [6.07, 6.45) is 0. The van der Waals surface area contributed by atoms with Gasteiger partial charge in [-0.15, -0.1) is 0 Å². The van der Waals surface area contributed by atoms with E-state index in [9.17, 15) is 4.57 Å². The van der Waals surface area contributed by atoms with Crippen molar-refractivity contribution < 1.29 is 18.8 Å². The first-order valence-corrected chi connectivity index (χ1v) is 8.41. The highest BCUT2D eigenvalue weighted by Crippen LogP contribution is 2.33. The Balaban J connectivity index is 2.37. The number of hydrogen-bond acceptors (Lipinski definition) is 6. The number of halogens is 1. The Bertz CT molecular complexity index is 766. The Labute approximate surface area is 142 Å². The minimum atomic E-state index is -3.25. The lowest BCUT2D eigenvalue weighted by Gasteiger charge is -2.25. The van der Waals surface area contributed by atoms with E-state index in [0.29, 0.717) is 27.2 Å². The molecular weight excluding hydrogens is 385 g/mol. The highest BCUT2D eigenvalue weighted by molar-refractivity contribution is 9.10. The van der Waals surface area contributed by atoms with E-state index in [1.54, 1.807) is 42.5 Å². The molecule has 0 aliphatic rings. The highest BCUT2D eigenvalue weighted by atomic mass is 79.9. The second-order valence-electron chi connectivity index (χ2n) is 4.24. The molecule has 0 saturated heterocycles. The zero-order valence-corrected chi connectivity index (χ0v) is 14.6. The van der Waals surface area contributed by atoms with E-state index in [-0.39, 0.29) is 0 Å². The summed E-state index contributed by atoms with van der Waals surface area (Å²) >= 11 is 3.35. The van der Waals surface area contributed by atoms with E-state index in [2.05, 4.69) is 21.4 Å². The molecular formula is C14H13BrN3O4P. The normalized spacial score (nSPS) is 11.4. The van der Waals surface area contributed by atoms with Gasteiger partial charge in [0.1, 0.15) is 11.4 Å². The summed E-state index contributed by atoms with van der Waals surface area (Å²) in [6, 6.07) is 13.8. The molecule has 0 aliphatic carbocycles. The molecule has 0 fully saturated rings. The summed E-state index contributed by atoms with van der Waals surface area (Å²) < 4.78 is 22.0. The maximum absolute atomic E-state index is 11.1. The molecule has 2 aromatic rings. The molecule has 0 aromatic heterocycles. The number of benzene rings is 2. The quantitative estimate of drug-likeness (QED) is 0.568. The van der Waals surface area contributed by atoms with Crippen molar-refractivity contribution in [2.24, 2.45) is 0 Å². The summed E-state index contributed by atoms with van der Waals surface area (Å²) in [6.45, 7) is 0. The van der Waals surface area contributed by atoms with Crippen molar-refractivity contribution in [1.82, 2.24) is 0 Å². The third kappa shape index (κ3) is 4.47. The molecule has 9 heteroatoms. The first kappa shape index (κ1) is 17.3. The predicted molar refractivity (Wildman–Crippen MR) is 90.3 cm³/mol. The van der Waals surface area contributed by atoms with Crippen LogP contribution in [-0.4, -0.2) is 12.0 Å². The van der Waals surface area contributed by atoms with E-state index in [1.165, 1.54) is 7.11 Å². The minimum absolute atomic E-state index is 0.391. The smallest absolute Gasteiger partial charge is 0.339 e. The van der Waals surface area contributed by atoms with E-state index < -0.39 is 8.25 Å². The van der Waals surface area contributed by atoms with Gasteiger partial charge in [0.15, 0.2) is 0 Å². The van der Waals surface area contributed by atoms with Crippen LogP contribution in [0.3, 0.4) is 0 Å². The number of hydrogen-bond donors (Lipinski definition) is 2. The summed E-state index contributed by atoms with van der Waals surface area (Å²) in [4.78, 5) is 9.11. The Morgan fingerprint density at radius 1 is 1.35 bits per heavy atom. The van der Waals surface area contributed by atoms with Gasteiger partial charge in [-0.2, -0.15) is 15.1 Å². The fourth-order valence-electron chi connectivity index (χ4n) is 1.79. The first-order chi connectivity index (χ1) is 11.0. The molecule has 0 saturated carbocycles. The molecule has 23 heavy (non-hydrogen) atoms. The zero-order valence-electron chi connectivity index (χ0n) is 12.0. The number of nitriles is 1. The maximum Gasteiger partial charge on any atom is 0.339 e. The van der Waals surface area contributed by atoms with Crippen molar-refractivity contribution in [3.05, 3.63) is 52.5 Å². The third-order valence-corrected chi connectivity index (χ3v) is 3.80. The lowest BCUT2D eigenvalue weighted by Crippen LogP contribution is -2.28. The number of nitrogens with zero attached hydrogens (tertiary/aromatic N) is 2. The summed E-state index contributed by atoms with van der Waals surface area (Å²) in [7, 11) is -1.79. The number of hydrazine groups is 1. The fourth-order valence-corrected chi connectivity index (χ4v) is 2.54. The number of para-hydroxylation sites is 1. The lowest BCUT2D eigenvalue weighted by molar-refractivity contribution is 0.268. The molecule has 0 heterocycles. The zero-order chi connectivity index (χ0) is 16.8. The molecule has 1 unspecified atom stereocenters. The topological polar surface area (TPSA) is 94.8 Å². The van der Waals surface area contributed by atoms with Gasteiger partial charge in [-0.1, -0.05) is 12.1 Å². The minimum Gasteiger partial charge on any atom is -0.494 e. The molecule has 2 N–H and O–H groups in total. The van der Waals surface area contributed by atoms with Gasteiger partial charge in [0.05, 0.1) is 24.4 Å². The van der Waals surface area contributed by atoms with Crippen LogP contribution in [-0.2, 0) is 9.19 Å². The van der Waals surface area contributed by atoms with Gasteiger partial charge in [-0.25, -0.2) is 0 Å². The fraction of sp³-hybridized carbons (Fsp3) is 0.0714. The summed E-state index contributed by atoms with van der Waals surface area (Å²) in [5.74, 6) is 0.391. The number of ether oxygens (including phenoxy) is 1. The van der Waals surface area contributed by atoms with Gasteiger partial charge in [-0.3, -0.25) is 9.99 Å². The summed E-state index contributed by atoms with van der Waals surface area (Å²) in [5, 5.41) is 9.99. The van der Waals surface area contributed by atoms with Crippen molar-refractivity contribution >= 4 is 35.6 Å². The molecule has 2 rings (SSSR count). The maximum atomic E-state index is 11.1. The van der Waals surface area contributed by atoms with Gasteiger partial charge < -0.3 is 9.63 Å². The third-order valence-electron chi connectivity index (χ3n) is 2.79. The Morgan fingerprint density at radius 2 is 2.09 bits per heavy atom. The second kappa shape index (κ2) is 7.99. The van der Waals surface area contributed by atoms with Crippen LogP contribution in [0.1, 0.15) is 5.56 Å². The molecule has 120 valence electrons. The van der Waals surface area contributed by atoms with Crippen molar-refractivity contribution in [1.29, 1.82) is 5.26 Å². The van der Waals surface area contributed by atoms with E-state index >= 15 is 0 Å². The van der Waals surface area contributed by atoms with Gasteiger partial charge in [0.2, 0.25) is 0 Å². The molecule has 0 bridgehead atoms. The van der Waals surface area contributed by atoms with Gasteiger partial charge in [0.25, 0.3) is 0 Å². The predicted octanol–water partition coefficient (Wildman–Crippen LogP) is 3.48. The van der Waals surface area contributed by atoms with Gasteiger partial charge in [0, 0.05) is 10.5 Å². The monoisotopic (exact) mass is 397 g/mol. The second-order valence-corrected chi connectivity index (χ2v) is 5.81. The number of nitrogens with one attached hydrogen (secondary N) is 1. The largest absolute Gasteiger partial charge is 0.494 e. The van der Waals surface area contributed by atoms with Gasteiger partial charge in [-0.05, 0) is 40.2 Å². The van der Waals surface area contributed by atoms with Gasteiger partial charge >= 0.3 is 8.25 Å². The number of methoxy groups -OCH3 is 1. The Kier molecular flexibility index (Phi) is 6.02. The van der Waals surface area contributed by atoms with Crippen LogP contribution in [0, 0.1) is 11.3 Å². The Morgan fingerprint density at radius 3 is 2.70 bits per heavy atom. The molecule has 2 aromatic carbocycles. The number of anilines is 2. The van der Waals surface area contributed by atoms with Crippen LogP contribution in [0.25, 0.3) is 0 Å². The molecule has 7 nitrogen and oxygen atoms in total. The van der Waals surface area contributed by atoms with Crippen LogP contribution < -0.4 is 15.3 Å². The first-order valence-electron chi connectivity index (χ1n) is 6.35. The lowest BCUT2D eigenvalue weighted by atomic mass is 10.2. The molecule has 1 atom stereocenters. The van der Waals surface area contributed by atoms with Crippen molar-refractivity contribution in [2.75, 3.05) is 17.7 Å². The average molecular weight is 398 g/mol. The van der Waals surface area contributed by atoms with Crippen LogP contribution in [0.5, 0.6) is 5.75 Å². The molecule has 0 spiro atoms. The van der Waals surface area contributed by atoms with E-state index in [4.69, 9.17) is 19.5 Å². The van der Waals surface area contributed by atoms with Crippen LogP contribution in [0.2, 0.25) is 0 Å². The van der Waals surface area contributed by atoms with Crippen LogP contribution in [0.15, 0.2) is 46.9 Å². The highest BCUT2D eigenvalue weighted by Gasteiger charge is 2.15. The van der Waals surface area contributed by atoms with Crippen molar-refractivity contribution in [2.45, 2.75) is 0 Å².